The van der Waals surface area contributed by atoms with Crippen LogP contribution in [0.2, 0.25) is 0 Å². The Bertz CT molecular complexity index is 2810. The molecule has 0 atom stereocenters. The van der Waals surface area contributed by atoms with Gasteiger partial charge < -0.3 is 4.40 Å². The minimum atomic E-state index is -2.21. The molecule has 3 heterocycles. The van der Waals surface area contributed by atoms with Crippen molar-refractivity contribution in [2.24, 2.45) is 0 Å². The van der Waals surface area contributed by atoms with Gasteiger partial charge in [0.05, 0.1) is 5.52 Å². The molecule has 0 saturated carbocycles. The van der Waals surface area contributed by atoms with Crippen molar-refractivity contribution in [2.45, 2.75) is 40.0 Å². The van der Waals surface area contributed by atoms with Gasteiger partial charge in [-0.05, 0) is 32.0 Å². The Morgan fingerprint density at radius 2 is 0.979 bits per heavy atom. The van der Waals surface area contributed by atoms with E-state index in [4.69, 9.17) is 26.5 Å². The second-order valence-electron chi connectivity index (χ2n) is 7.74. The summed E-state index contributed by atoms with van der Waals surface area (Å²) in [5, 5.41) is 0.870. The molecule has 3 nitrogen and oxygen atoms in total. The molecule has 0 N–H and O–H groups in total. The standard InChI is InChI=1S/C16H19N3.S28/c1-10-8-13-12(15-17-9-11(2)19(10)15)6-7-14(18-13)16(3,4)5;1-3-5-7-9-11-13-15-17-19-21-23-25-27-28-26-24-22-20-18-16-14-12-10-8-6-4-2/h6-9H,1-5H3;/i1D3;. The molecule has 0 aliphatic heterocycles. The van der Waals surface area contributed by atoms with Gasteiger partial charge in [0, 0.05) is 291 Å². The predicted molar refractivity (Wildman–Crippen MR) is 285 cm³/mol. The largest absolute Gasteiger partial charge is 0.301 e. The van der Waals surface area contributed by atoms with E-state index in [1.807, 2.05) is 108 Å². The summed E-state index contributed by atoms with van der Waals surface area (Å²) in [6.45, 7) is 5.91. The number of hydrogen-bond donors (Lipinski definition) is 0. The molecule has 47 heavy (non-hydrogen) atoms. The van der Waals surface area contributed by atoms with Crippen LogP contribution in [-0.2, 0) is 259 Å². The molecule has 0 spiro atoms. The van der Waals surface area contributed by atoms with Gasteiger partial charge >= 0.3 is 0 Å². The van der Waals surface area contributed by atoms with Crippen LogP contribution in [0, 0.1) is 13.8 Å². The lowest BCUT2D eigenvalue weighted by Gasteiger charge is -2.18. The Morgan fingerprint density at radius 1 is 0.596 bits per heavy atom. The molecule has 31 heteroatoms. The first kappa shape index (κ1) is 42.4. The number of aryl methyl sites for hydroxylation is 2. The van der Waals surface area contributed by atoms with Crippen LogP contribution in [0.15, 0.2) is 24.4 Å². The molecular weight excluding hydrogens is 1130 g/mol. The van der Waals surface area contributed by atoms with E-state index in [1.54, 1.807) is 141 Å². The summed E-state index contributed by atoms with van der Waals surface area (Å²) in [6.07, 6.45) is 1.70. The molecule has 3 aromatic heterocycles. The smallest absolute Gasteiger partial charge is 0.146 e. The number of aromatic nitrogens is 3. The van der Waals surface area contributed by atoms with Crippen LogP contribution >= 0.6 is 0 Å². The number of pyridine rings is 2. The molecular formula is C16H19N3S28. The molecule has 266 valence electrons. The first-order valence-corrected chi connectivity index (χ1v) is 46.9. The molecule has 0 amide bonds. The van der Waals surface area contributed by atoms with Crippen molar-refractivity contribution in [3.63, 3.8) is 0 Å². The molecule has 0 bridgehead atoms. The molecule has 0 fully saturated rings. The summed E-state index contributed by atoms with van der Waals surface area (Å²) in [7, 11) is 45.4. The second kappa shape index (κ2) is 30.5. The number of fused-ring (bicyclic) bond motifs is 3. The van der Waals surface area contributed by atoms with Gasteiger partial charge in [0.25, 0.3) is 0 Å². The van der Waals surface area contributed by atoms with Crippen LogP contribution in [0.1, 0.15) is 42.0 Å². The number of hydrogen-bond acceptors (Lipinski definition) is 4. The van der Waals surface area contributed by atoms with Crippen molar-refractivity contribution in [2.75, 3.05) is 0 Å². The van der Waals surface area contributed by atoms with E-state index in [9.17, 15) is 0 Å². The summed E-state index contributed by atoms with van der Waals surface area (Å²) in [5.74, 6) is 0. The van der Waals surface area contributed by atoms with E-state index in [0.29, 0.717) is 11.2 Å². The van der Waals surface area contributed by atoms with E-state index in [2.05, 4.69) is 30.7 Å². The summed E-state index contributed by atoms with van der Waals surface area (Å²) >= 11 is 9.56. The molecule has 0 saturated heterocycles. The third-order valence-corrected chi connectivity index (χ3v) is 59.6. The molecule has 3 aromatic rings. The van der Waals surface area contributed by atoms with Crippen LogP contribution < -0.4 is 0 Å². The zero-order chi connectivity index (χ0) is 36.7. The molecule has 0 radical (unpaired) electrons. The van der Waals surface area contributed by atoms with Crippen LogP contribution in [0.3, 0.4) is 0 Å². The van der Waals surface area contributed by atoms with Gasteiger partial charge in [-0.15, -0.1) is 0 Å². The van der Waals surface area contributed by atoms with Crippen molar-refractivity contribution in [1.82, 2.24) is 14.4 Å². The van der Waals surface area contributed by atoms with E-state index in [0.717, 1.165) is 16.8 Å². The van der Waals surface area contributed by atoms with Crippen molar-refractivity contribution in [1.29, 1.82) is 0 Å². The summed E-state index contributed by atoms with van der Waals surface area (Å²) in [5.41, 5.74) is 3.23. The average Bonchev–Trinajstić information content (AvgIpc) is 3.47. The lowest BCUT2D eigenvalue weighted by molar-refractivity contribution is 0.571. The van der Waals surface area contributed by atoms with Gasteiger partial charge in [-0.1, -0.05) is 20.8 Å². The zero-order valence-electron chi connectivity index (χ0n) is 26.1. The van der Waals surface area contributed by atoms with Crippen LogP contribution in [0.5, 0.6) is 0 Å². The van der Waals surface area contributed by atoms with Crippen LogP contribution in [0.4, 0.5) is 0 Å². The maximum absolute atomic E-state index is 7.80. The SMILES string of the molecule is S=S=S=S=S=S=S=S=S=S=S=S=S=S=S=S=S=S=S=S=S=S=S=S=S=S=S=S.[2H]C([2H])([2H])c1cc2nc(C(C)(C)C)ccc2c2ncc(C)n12. The quantitative estimate of drug-likeness (QED) is 0.344. The third kappa shape index (κ3) is 21.8. The maximum Gasteiger partial charge on any atom is 0.146 e. The Hall–Kier alpha value is 4.26. The summed E-state index contributed by atoms with van der Waals surface area (Å²) in [4.78, 5) is 9.06. The topological polar surface area (TPSA) is 30.2 Å². The molecule has 0 aliphatic carbocycles. The normalized spacial score (nSPS) is 10.8. The maximum atomic E-state index is 7.80. The molecule has 0 aliphatic rings. The first-order valence-electron chi connectivity index (χ1n) is 12.4. The van der Waals surface area contributed by atoms with Gasteiger partial charge in [-0.25, -0.2) is 4.98 Å². The predicted octanol–water partition coefficient (Wildman–Crippen LogP) is 3.73. The monoisotopic (exact) mass is 1150 g/mol. The van der Waals surface area contributed by atoms with E-state index < -0.39 is 6.85 Å². The first-order chi connectivity index (χ1) is 24.0. The highest BCUT2D eigenvalue weighted by Crippen LogP contribution is 2.26. The van der Waals surface area contributed by atoms with Gasteiger partial charge in [0.15, 0.2) is 0 Å². The summed E-state index contributed by atoms with van der Waals surface area (Å²) < 4.78 is 25.1. The lowest BCUT2D eigenvalue weighted by atomic mass is 9.91. The minimum absolute atomic E-state index is 0.0915. The van der Waals surface area contributed by atoms with E-state index in [-0.39, 0.29) is 11.1 Å². The highest BCUT2D eigenvalue weighted by atomic mass is 33.5. The summed E-state index contributed by atoms with van der Waals surface area (Å²) in [6, 6.07) is 5.63. The number of rotatable bonds is 0. The van der Waals surface area contributed by atoms with E-state index in [1.165, 1.54) is 17.8 Å². The highest BCUT2D eigenvalue weighted by molar-refractivity contribution is 8.79. The fourth-order valence-electron chi connectivity index (χ4n) is 2.59. The Balaban J connectivity index is 0.000000354. The minimum Gasteiger partial charge on any atom is -0.301 e. The second-order valence-corrected chi connectivity index (χ2v) is 53.7. The van der Waals surface area contributed by atoms with Gasteiger partial charge in [-0.3, -0.25) is 4.98 Å². The lowest BCUT2D eigenvalue weighted by Crippen LogP contribution is -2.13. The van der Waals surface area contributed by atoms with Crippen molar-refractivity contribution in [3.05, 3.63) is 41.5 Å². The highest BCUT2D eigenvalue weighted by Gasteiger charge is 2.17. The average molecular weight is 1150 g/mol. The van der Waals surface area contributed by atoms with Crippen LogP contribution in [0.25, 0.3) is 16.6 Å². The van der Waals surface area contributed by atoms with Gasteiger partial charge in [-0.2, -0.15) is 0 Å². The Kier molecular flexibility index (Phi) is 27.5. The fraction of sp³-hybridized carbons (Fsp3) is 0.375. The van der Waals surface area contributed by atoms with Gasteiger partial charge in [0.1, 0.15) is 5.65 Å². The number of imidazole rings is 1. The fourth-order valence-corrected chi connectivity index (χ4v) is 68.5. The zero-order valence-corrected chi connectivity index (χ0v) is 45.9. The van der Waals surface area contributed by atoms with Crippen molar-refractivity contribution >= 4 is 270 Å². The molecule has 0 unspecified atom stereocenters. The Labute approximate surface area is 362 Å². The van der Waals surface area contributed by atoms with Crippen molar-refractivity contribution < 1.29 is 4.11 Å². The van der Waals surface area contributed by atoms with E-state index >= 15 is 0 Å². The molecule has 3 rings (SSSR count). The van der Waals surface area contributed by atoms with Gasteiger partial charge in [0.2, 0.25) is 0 Å². The Morgan fingerprint density at radius 3 is 1.32 bits per heavy atom. The third-order valence-electron chi connectivity index (χ3n) is 4.08. The molecule has 0 aromatic carbocycles. The van der Waals surface area contributed by atoms with Crippen molar-refractivity contribution in [3.8, 4) is 0 Å². The number of nitrogens with zero attached hydrogens (tertiary/aromatic N) is 3. The van der Waals surface area contributed by atoms with Crippen LogP contribution in [-0.4, -0.2) is 14.4 Å².